The summed E-state index contributed by atoms with van der Waals surface area (Å²) in [4.78, 5) is 16.1. The fourth-order valence-electron chi connectivity index (χ4n) is 3.26. The van der Waals surface area contributed by atoms with E-state index < -0.39 is 5.97 Å². The Hall–Kier alpha value is -2.66. The van der Waals surface area contributed by atoms with Crippen molar-refractivity contribution < 1.29 is 15.0 Å². The lowest BCUT2D eigenvalue weighted by Crippen LogP contribution is -2.13. The molecule has 1 aromatic heterocycles. The number of rotatable bonds is 4. The lowest BCUT2D eigenvalue weighted by atomic mass is 9.98. The zero-order valence-corrected chi connectivity index (χ0v) is 14.9. The molecule has 3 rings (SSSR count). The van der Waals surface area contributed by atoms with Gasteiger partial charge in [0.2, 0.25) is 0 Å². The fraction of sp³-hybridized carbons (Fsp3) is 0.300. The zero-order chi connectivity index (χ0) is 18.6. The molecule has 5 nitrogen and oxygen atoms in total. The number of aliphatic hydroxyl groups is 1. The van der Waals surface area contributed by atoms with Crippen molar-refractivity contribution >= 4 is 22.6 Å². The molecule has 25 heavy (non-hydrogen) atoms. The van der Waals surface area contributed by atoms with Crippen LogP contribution in [-0.2, 0) is 17.8 Å². The average Bonchev–Trinajstić information content (AvgIpc) is 2.97. The van der Waals surface area contributed by atoms with E-state index in [9.17, 15) is 9.90 Å². The van der Waals surface area contributed by atoms with E-state index in [0.717, 1.165) is 37.4 Å². The number of hydrogen-bond acceptors (Lipinski definition) is 3. The molecule has 2 heterocycles. The van der Waals surface area contributed by atoms with E-state index in [1.54, 1.807) is 19.9 Å². The maximum atomic E-state index is 11.6. The Morgan fingerprint density at radius 1 is 1.36 bits per heavy atom. The standard InChI is InChI=1S/C19H20N2O2.CH4O/c1-4-14(19(22)23)17(20-12(2)3)16-11-21-10-6-8-13-7-5-9-15(16)18(13)21;1-2/h4-5,7,9,11H,2,6,8,10H2,1,3H3,(H,22,23);2H,1H3/b14-4+,20-17?;. The largest absolute Gasteiger partial charge is 0.478 e. The first-order valence-electron chi connectivity index (χ1n) is 8.23. The van der Waals surface area contributed by atoms with Crippen LogP contribution in [0.1, 0.15) is 31.4 Å². The van der Waals surface area contributed by atoms with E-state index >= 15 is 0 Å². The second-order valence-electron chi connectivity index (χ2n) is 5.86. The maximum absolute atomic E-state index is 11.6. The lowest BCUT2D eigenvalue weighted by Gasteiger charge is -2.14. The van der Waals surface area contributed by atoms with Gasteiger partial charge in [-0.2, -0.15) is 0 Å². The molecule has 0 saturated heterocycles. The molecule has 0 unspecified atom stereocenters. The molecule has 1 aliphatic heterocycles. The molecule has 2 aromatic rings. The van der Waals surface area contributed by atoms with E-state index in [-0.39, 0.29) is 5.57 Å². The molecular weight excluding hydrogens is 316 g/mol. The Morgan fingerprint density at radius 2 is 2.08 bits per heavy atom. The van der Waals surface area contributed by atoms with Gasteiger partial charge in [-0.3, -0.25) is 4.99 Å². The second kappa shape index (κ2) is 7.94. The van der Waals surface area contributed by atoms with Crippen LogP contribution in [0.25, 0.3) is 10.9 Å². The minimum absolute atomic E-state index is 0.205. The number of aliphatic imine (C=N–C) groups is 1. The maximum Gasteiger partial charge on any atom is 0.337 e. The minimum Gasteiger partial charge on any atom is -0.478 e. The van der Waals surface area contributed by atoms with Crippen molar-refractivity contribution in [3.8, 4) is 0 Å². The van der Waals surface area contributed by atoms with Crippen molar-refractivity contribution in [1.82, 2.24) is 4.57 Å². The monoisotopic (exact) mass is 340 g/mol. The molecule has 0 saturated carbocycles. The summed E-state index contributed by atoms with van der Waals surface area (Å²) in [5.41, 5.74) is 4.65. The number of carboxylic acid groups (broad SMARTS) is 1. The molecule has 5 heteroatoms. The van der Waals surface area contributed by atoms with Crippen LogP contribution >= 0.6 is 0 Å². The first-order valence-corrected chi connectivity index (χ1v) is 8.23. The minimum atomic E-state index is -0.973. The molecule has 0 spiro atoms. The van der Waals surface area contributed by atoms with E-state index in [0.29, 0.717) is 11.4 Å². The number of aromatic nitrogens is 1. The number of nitrogens with zero attached hydrogens (tertiary/aromatic N) is 2. The van der Waals surface area contributed by atoms with Gasteiger partial charge in [-0.1, -0.05) is 30.9 Å². The summed E-state index contributed by atoms with van der Waals surface area (Å²) in [7, 11) is 1.00. The smallest absolute Gasteiger partial charge is 0.337 e. The number of para-hydroxylation sites is 1. The van der Waals surface area contributed by atoms with E-state index in [1.807, 2.05) is 18.3 Å². The van der Waals surface area contributed by atoms with Crippen LogP contribution < -0.4 is 0 Å². The number of hydrogen-bond donors (Lipinski definition) is 2. The Morgan fingerprint density at radius 3 is 2.68 bits per heavy atom. The third-order valence-electron chi connectivity index (χ3n) is 4.16. The number of aryl methyl sites for hydroxylation is 2. The first kappa shape index (κ1) is 18.7. The molecule has 0 radical (unpaired) electrons. The van der Waals surface area contributed by atoms with Crippen LogP contribution in [0.2, 0.25) is 0 Å². The number of allylic oxidation sites excluding steroid dienone is 2. The van der Waals surface area contributed by atoms with Crippen LogP contribution in [0, 0.1) is 0 Å². The molecule has 0 atom stereocenters. The summed E-state index contributed by atoms with van der Waals surface area (Å²) in [6, 6.07) is 6.22. The molecule has 1 aliphatic rings. The van der Waals surface area contributed by atoms with Gasteiger partial charge >= 0.3 is 5.97 Å². The van der Waals surface area contributed by atoms with Gasteiger partial charge < -0.3 is 14.8 Å². The number of carbonyl (C=O) groups is 1. The highest BCUT2D eigenvalue weighted by Gasteiger charge is 2.23. The zero-order valence-electron chi connectivity index (χ0n) is 14.9. The van der Waals surface area contributed by atoms with E-state index in [4.69, 9.17) is 5.11 Å². The van der Waals surface area contributed by atoms with Crippen LogP contribution in [-0.4, -0.2) is 33.6 Å². The number of benzene rings is 1. The third-order valence-corrected chi connectivity index (χ3v) is 4.16. The summed E-state index contributed by atoms with van der Waals surface area (Å²) in [5, 5.41) is 17.6. The van der Waals surface area contributed by atoms with Crippen LogP contribution in [0.4, 0.5) is 0 Å². The number of aliphatic carboxylic acids is 1. The molecule has 0 aliphatic carbocycles. The average molecular weight is 340 g/mol. The second-order valence-corrected chi connectivity index (χ2v) is 5.86. The Balaban J connectivity index is 0.00000109. The Bertz CT molecular complexity index is 872. The SMILES string of the molecule is C=C(C)N=C(/C(=C\C)C(=O)O)c1cn2c3c(cccc13)CCC2.CO. The quantitative estimate of drug-likeness (QED) is 0.660. The van der Waals surface area contributed by atoms with Gasteiger partial charge in [-0.25, -0.2) is 4.79 Å². The summed E-state index contributed by atoms with van der Waals surface area (Å²) < 4.78 is 2.21. The number of carboxylic acids is 1. The summed E-state index contributed by atoms with van der Waals surface area (Å²) in [5.74, 6) is -0.973. The van der Waals surface area contributed by atoms with E-state index in [1.165, 1.54) is 11.1 Å². The molecule has 132 valence electrons. The van der Waals surface area contributed by atoms with Gasteiger partial charge in [0.05, 0.1) is 16.8 Å². The predicted molar refractivity (Wildman–Crippen MR) is 101 cm³/mol. The van der Waals surface area contributed by atoms with E-state index in [2.05, 4.69) is 22.2 Å². The fourth-order valence-corrected chi connectivity index (χ4v) is 3.26. The highest BCUT2D eigenvalue weighted by Crippen LogP contribution is 2.31. The van der Waals surface area contributed by atoms with Gasteiger partial charge in [0.1, 0.15) is 0 Å². The summed E-state index contributed by atoms with van der Waals surface area (Å²) in [6.45, 7) is 8.27. The van der Waals surface area contributed by atoms with Crippen molar-refractivity contribution in [2.75, 3.05) is 7.11 Å². The highest BCUT2D eigenvalue weighted by molar-refractivity contribution is 6.30. The van der Waals surface area contributed by atoms with Gasteiger partial charge in [0.15, 0.2) is 0 Å². The number of aliphatic hydroxyl groups excluding tert-OH is 1. The molecule has 1 aromatic carbocycles. The van der Waals surface area contributed by atoms with Crippen molar-refractivity contribution in [2.24, 2.45) is 4.99 Å². The van der Waals surface area contributed by atoms with Gasteiger partial charge in [-0.15, -0.1) is 0 Å². The van der Waals surface area contributed by atoms with Crippen LogP contribution in [0.15, 0.2) is 53.3 Å². The third kappa shape index (κ3) is 3.56. The van der Waals surface area contributed by atoms with Crippen molar-refractivity contribution in [3.63, 3.8) is 0 Å². The van der Waals surface area contributed by atoms with Gasteiger partial charge in [-0.05, 0) is 32.3 Å². The van der Waals surface area contributed by atoms with Crippen molar-refractivity contribution in [3.05, 3.63) is 59.4 Å². The molecule has 2 N–H and O–H groups in total. The van der Waals surface area contributed by atoms with Crippen molar-refractivity contribution in [1.29, 1.82) is 0 Å². The normalized spacial score (nSPS) is 14.1. The molecule has 0 fully saturated rings. The Kier molecular flexibility index (Phi) is 5.93. The summed E-state index contributed by atoms with van der Waals surface area (Å²) in [6.07, 6.45) is 5.78. The van der Waals surface area contributed by atoms with Gasteiger partial charge in [0, 0.05) is 36.5 Å². The highest BCUT2D eigenvalue weighted by atomic mass is 16.4. The molecule has 0 amide bonds. The van der Waals surface area contributed by atoms with Crippen molar-refractivity contribution in [2.45, 2.75) is 33.2 Å². The van der Waals surface area contributed by atoms with Crippen LogP contribution in [0.3, 0.4) is 0 Å². The Labute approximate surface area is 147 Å². The topological polar surface area (TPSA) is 74.8 Å². The molecular formula is C20H24N2O3. The van der Waals surface area contributed by atoms with Gasteiger partial charge in [0.25, 0.3) is 0 Å². The first-order chi connectivity index (χ1) is 12.0. The van der Waals surface area contributed by atoms with Crippen LogP contribution in [0.5, 0.6) is 0 Å². The predicted octanol–water partition coefficient (Wildman–Crippen LogP) is 3.55. The molecule has 0 bridgehead atoms. The summed E-state index contributed by atoms with van der Waals surface area (Å²) >= 11 is 0. The lowest BCUT2D eigenvalue weighted by molar-refractivity contribution is -0.132.